The summed E-state index contributed by atoms with van der Waals surface area (Å²) >= 11 is 3.34. The summed E-state index contributed by atoms with van der Waals surface area (Å²) in [7, 11) is 0. The van der Waals surface area contributed by atoms with Gasteiger partial charge in [0.05, 0.1) is 18.2 Å². The SMILES string of the molecule is O=C(Cc1ccc(Br)cc1)N/N=C\c1cccc(OC(=O)c2cccc(F)c2)c1. The van der Waals surface area contributed by atoms with Crippen LogP contribution in [0.1, 0.15) is 21.5 Å². The van der Waals surface area contributed by atoms with Gasteiger partial charge in [0, 0.05) is 4.47 Å². The number of benzene rings is 3. The van der Waals surface area contributed by atoms with Crippen LogP contribution in [0.3, 0.4) is 0 Å². The molecule has 0 saturated heterocycles. The summed E-state index contributed by atoms with van der Waals surface area (Å²) in [5.41, 5.74) is 4.06. The second-order valence-corrected chi connectivity index (χ2v) is 6.98. The van der Waals surface area contributed by atoms with Crippen LogP contribution in [0.5, 0.6) is 5.75 Å². The van der Waals surface area contributed by atoms with Crippen LogP contribution in [0.15, 0.2) is 82.4 Å². The molecule has 0 aromatic heterocycles. The first-order valence-corrected chi connectivity index (χ1v) is 9.43. The Balaban J connectivity index is 1.57. The molecule has 1 amide bonds. The van der Waals surface area contributed by atoms with E-state index in [0.29, 0.717) is 5.56 Å². The van der Waals surface area contributed by atoms with Gasteiger partial charge >= 0.3 is 5.97 Å². The van der Waals surface area contributed by atoms with Gasteiger partial charge in [-0.3, -0.25) is 4.79 Å². The number of hydrogen-bond donors (Lipinski definition) is 1. The highest BCUT2D eigenvalue weighted by molar-refractivity contribution is 9.10. The van der Waals surface area contributed by atoms with Crippen molar-refractivity contribution in [2.75, 3.05) is 0 Å². The minimum atomic E-state index is -0.665. The number of carbonyl (C=O) groups excluding carboxylic acids is 2. The number of ether oxygens (including phenoxy) is 1. The van der Waals surface area contributed by atoms with E-state index in [4.69, 9.17) is 4.74 Å². The molecule has 0 aliphatic carbocycles. The van der Waals surface area contributed by atoms with E-state index in [-0.39, 0.29) is 23.6 Å². The van der Waals surface area contributed by atoms with Crippen LogP contribution in [0.2, 0.25) is 0 Å². The summed E-state index contributed by atoms with van der Waals surface area (Å²) < 4.78 is 19.4. The lowest BCUT2D eigenvalue weighted by molar-refractivity contribution is -0.120. The molecule has 0 radical (unpaired) electrons. The highest BCUT2D eigenvalue weighted by Gasteiger charge is 2.09. The van der Waals surface area contributed by atoms with Gasteiger partial charge in [-0.15, -0.1) is 0 Å². The zero-order valence-electron chi connectivity index (χ0n) is 15.1. The number of esters is 1. The van der Waals surface area contributed by atoms with Crippen LogP contribution in [0, 0.1) is 5.82 Å². The molecule has 0 bridgehead atoms. The van der Waals surface area contributed by atoms with E-state index in [1.54, 1.807) is 24.3 Å². The van der Waals surface area contributed by atoms with Gasteiger partial charge < -0.3 is 4.74 Å². The molecule has 0 spiro atoms. The Morgan fingerprint density at radius 3 is 2.55 bits per heavy atom. The first kappa shape index (κ1) is 20.4. The fourth-order valence-electron chi connectivity index (χ4n) is 2.45. The lowest BCUT2D eigenvalue weighted by Gasteiger charge is -2.05. The van der Waals surface area contributed by atoms with Crippen LogP contribution in [0.25, 0.3) is 0 Å². The fourth-order valence-corrected chi connectivity index (χ4v) is 2.71. The second-order valence-electron chi connectivity index (χ2n) is 6.07. The van der Waals surface area contributed by atoms with E-state index < -0.39 is 11.8 Å². The number of nitrogens with one attached hydrogen (secondary N) is 1. The smallest absolute Gasteiger partial charge is 0.343 e. The summed E-state index contributed by atoms with van der Waals surface area (Å²) in [6.07, 6.45) is 1.65. The van der Waals surface area contributed by atoms with Crippen molar-refractivity contribution < 1.29 is 18.7 Å². The largest absolute Gasteiger partial charge is 0.423 e. The Labute approximate surface area is 175 Å². The van der Waals surface area contributed by atoms with Gasteiger partial charge in [-0.2, -0.15) is 5.10 Å². The molecular weight excluding hydrogens is 439 g/mol. The van der Waals surface area contributed by atoms with Crippen LogP contribution in [0.4, 0.5) is 4.39 Å². The summed E-state index contributed by atoms with van der Waals surface area (Å²) in [5.74, 6) is -1.15. The Bertz CT molecular complexity index is 1050. The standard InChI is InChI=1S/C22H16BrFN2O3/c23-18-9-7-15(8-10-18)12-21(27)26-25-14-16-3-1-6-20(11-16)29-22(28)17-4-2-5-19(24)13-17/h1-11,13-14H,12H2,(H,26,27)/b25-14-. The van der Waals surface area contributed by atoms with E-state index in [1.807, 2.05) is 24.3 Å². The zero-order chi connectivity index (χ0) is 20.6. The predicted molar refractivity (Wildman–Crippen MR) is 111 cm³/mol. The van der Waals surface area contributed by atoms with Gasteiger partial charge in [0.25, 0.3) is 0 Å². The lowest BCUT2D eigenvalue weighted by Crippen LogP contribution is -2.19. The molecular formula is C22H16BrFN2O3. The van der Waals surface area contributed by atoms with Crippen molar-refractivity contribution in [2.45, 2.75) is 6.42 Å². The second kappa shape index (κ2) is 9.75. The molecule has 3 aromatic rings. The first-order chi connectivity index (χ1) is 14.0. The molecule has 0 unspecified atom stereocenters. The quantitative estimate of drug-likeness (QED) is 0.258. The van der Waals surface area contributed by atoms with Crippen molar-refractivity contribution in [3.63, 3.8) is 0 Å². The maximum Gasteiger partial charge on any atom is 0.343 e. The average Bonchev–Trinajstić information content (AvgIpc) is 2.70. The minimum absolute atomic E-state index is 0.115. The maximum atomic E-state index is 13.2. The third-order valence-corrected chi connectivity index (χ3v) is 4.34. The van der Waals surface area contributed by atoms with Crippen molar-refractivity contribution in [1.29, 1.82) is 0 Å². The summed E-state index contributed by atoms with van der Waals surface area (Å²) in [5, 5.41) is 3.92. The third kappa shape index (κ3) is 6.36. The van der Waals surface area contributed by atoms with Gasteiger partial charge in [-0.25, -0.2) is 14.6 Å². The number of hydrazone groups is 1. The van der Waals surface area contributed by atoms with Gasteiger partial charge in [0.1, 0.15) is 11.6 Å². The Hall–Kier alpha value is -3.32. The monoisotopic (exact) mass is 454 g/mol. The van der Waals surface area contributed by atoms with Crippen LogP contribution >= 0.6 is 15.9 Å². The number of halogens is 2. The summed E-state index contributed by atoms with van der Waals surface area (Å²) in [6.45, 7) is 0. The maximum absolute atomic E-state index is 13.2. The summed E-state index contributed by atoms with van der Waals surface area (Å²) in [6, 6.07) is 19.3. The Morgan fingerprint density at radius 2 is 1.79 bits per heavy atom. The van der Waals surface area contributed by atoms with Crippen molar-refractivity contribution >= 4 is 34.0 Å². The van der Waals surface area contributed by atoms with Gasteiger partial charge in [0.15, 0.2) is 0 Å². The average molecular weight is 455 g/mol. The predicted octanol–water partition coefficient (Wildman–Crippen LogP) is 4.50. The zero-order valence-corrected chi connectivity index (χ0v) is 16.7. The third-order valence-electron chi connectivity index (χ3n) is 3.81. The summed E-state index contributed by atoms with van der Waals surface area (Å²) in [4.78, 5) is 24.0. The van der Waals surface area contributed by atoms with E-state index in [2.05, 4.69) is 26.5 Å². The fraction of sp³-hybridized carbons (Fsp3) is 0.0455. The van der Waals surface area contributed by atoms with Crippen LogP contribution in [-0.2, 0) is 11.2 Å². The highest BCUT2D eigenvalue weighted by Crippen LogP contribution is 2.15. The molecule has 146 valence electrons. The topological polar surface area (TPSA) is 67.8 Å². The van der Waals surface area contributed by atoms with E-state index >= 15 is 0 Å². The molecule has 3 rings (SSSR count). The Morgan fingerprint density at radius 1 is 1.03 bits per heavy atom. The molecule has 1 N–H and O–H groups in total. The van der Waals surface area contributed by atoms with Gasteiger partial charge in [-0.1, -0.05) is 46.3 Å². The number of nitrogens with zero attached hydrogens (tertiary/aromatic N) is 1. The molecule has 0 atom stereocenters. The molecule has 0 heterocycles. The normalized spacial score (nSPS) is 10.7. The number of amides is 1. The molecule has 5 nitrogen and oxygen atoms in total. The molecule has 0 fully saturated rings. The number of carbonyl (C=O) groups is 2. The number of hydrogen-bond acceptors (Lipinski definition) is 4. The van der Waals surface area contributed by atoms with Crippen molar-refractivity contribution in [2.24, 2.45) is 5.10 Å². The molecule has 3 aromatic carbocycles. The molecule has 0 aliphatic heterocycles. The van der Waals surface area contributed by atoms with E-state index in [9.17, 15) is 14.0 Å². The van der Waals surface area contributed by atoms with Crippen LogP contribution < -0.4 is 10.2 Å². The minimum Gasteiger partial charge on any atom is -0.423 e. The number of rotatable bonds is 6. The lowest BCUT2D eigenvalue weighted by atomic mass is 10.1. The van der Waals surface area contributed by atoms with Crippen LogP contribution in [-0.4, -0.2) is 18.1 Å². The van der Waals surface area contributed by atoms with Crippen molar-refractivity contribution in [1.82, 2.24) is 5.43 Å². The van der Waals surface area contributed by atoms with Gasteiger partial charge in [0.2, 0.25) is 5.91 Å². The van der Waals surface area contributed by atoms with Gasteiger partial charge in [-0.05, 0) is 53.6 Å². The van der Waals surface area contributed by atoms with E-state index in [0.717, 1.165) is 16.1 Å². The molecule has 0 saturated carbocycles. The van der Waals surface area contributed by atoms with Crippen molar-refractivity contribution in [3.8, 4) is 5.75 Å². The highest BCUT2D eigenvalue weighted by atomic mass is 79.9. The molecule has 7 heteroatoms. The molecule has 29 heavy (non-hydrogen) atoms. The Kier molecular flexibility index (Phi) is 6.86. The van der Waals surface area contributed by atoms with E-state index in [1.165, 1.54) is 24.4 Å². The first-order valence-electron chi connectivity index (χ1n) is 8.64. The van der Waals surface area contributed by atoms with Crippen molar-refractivity contribution in [3.05, 3.63) is 99.8 Å². The molecule has 0 aliphatic rings.